The van der Waals surface area contributed by atoms with Gasteiger partial charge in [-0.05, 0) is 67.3 Å². The monoisotopic (exact) mass is 542 g/mol. The summed E-state index contributed by atoms with van der Waals surface area (Å²) in [6.07, 6.45) is 6.95. The summed E-state index contributed by atoms with van der Waals surface area (Å²) in [4.78, 5) is 28.3. The van der Waals surface area contributed by atoms with Gasteiger partial charge >= 0.3 is 6.09 Å². The number of anilines is 1. The largest absolute Gasteiger partial charge is 0.444 e. The van der Waals surface area contributed by atoms with Gasteiger partial charge in [0.1, 0.15) is 6.61 Å². The second-order valence-electron chi connectivity index (χ2n) is 9.85. The fourth-order valence-corrected chi connectivity index (χ4v) is 4.76. The molecule has 206 valence electrons. The van der Waals surface area contributed by atoms with Gasteiger partial charge in [0, 0.05) is 24.9 Å². The highest BCUT2D eigenvalue weighted by molar-refractivity contribution is 6.18. The topological polar surface area (TPSA) is 88.1 Å². The Morgan fingerprint density at radius 3 is 2.63 bits per heavy atom. The minimum atomic E-state index is -0.872. The van der Waals surface area contributed by atoms with Crippen LogP contribution in [-0.4, -0.2) is 48.8 Å². The summed E-state index contributed by atoms with van der Waals surface area (Å²) in [5.74, 6) is -0.0238. The van der Waals surface area contributed by atoms with Gasteiger partial charge in [-0.25, -0.2) is 4.79 Å². The number of nitrogens with one attached hydrogen (secondary N) is 1. The highest BCUT2D eigenvalue weighted by Gasteiger charge is 2.25. The zero-order chi connectivity index (χ0) is 27.3. The molecule has 1 heterocycles. The highest BCUT2D eigenvalue weighted by atomic mass is 35.5. The SMILES string of the molecule is COCc1cc2cc(c1)N(C(=O)OCc1ccccc1)CCC/C=C\CC[C@@H](C)C[C@@H]([C@H](O)CCl)NC2=O. The number of aliphatic hydroxyl groups is 1. The first-order valence-corrected chi connectivity index (χ1v) is 13.8. The van der Waals surface area contributed by atoms with Crippen LogP contribution in [0, 0.1) is 5.92 Å². The van der Waals surface area contributed by atoms with Crippen molar-refractivity contribution in [1.82, 2.24) is 5.32 Å². The van der Waals surface area contributed by atoms with E-state index < -0.39 is 18.2 Å². The minimum Gasteiger partial charge on any atom is -0.444 e. The zero-order valence-corrected chi connectivity index (χ0v) is 23.0. The first-order valence-electron chi connectivity index (χ1n) is 13.2. The third-order valence-corrected chi connectivity index (χ3v) is 6.94. The molecular weight excluding hydrogens is 504 g/mol. The number of alkyl halides is 1. The van der Waals surface area contributed by atoms with Crippen LogP contribution in [0.3, 0.4) is 0 Å². The summed E-state index contributed by atoms with van der Waals surface area (Å²) in [5, 5.41) is 13.5. The zero-order valence-electron chi connectivity index (χ0n) is 22.3. The summed E-state index contributed by atoms with van der Waals surface area (Å²) in [6, 6.07) is 14.3. The van der Waals surface area contributed by atoms with Crippen molar-refractivity contribution in [2.45, 2.75) is 64.4 Å². The minimum absolute atomic E-state index is 0.0214. The lowest BCUT2D eigenvalue weighted by molar-refractivity contribution is 0.0836. The summed E-state index contributed by atoms with van der Waals surface area (Å²) in [6.45, 7) is 2.97. The normalized spacial score (nSPS) is 20.8. The maximum atomic E-state index is 13.4. The van der Waals surface area contributed by atoms with Gasteiger partial charge in [0.25, 0.3) is 5.91 Å². The number of aliphatic hydroxyl groups excluding tert-OH is 1. The predicted molar refractivity (Wildman–Crippen MR) is 150 cm³/mol. The van der Waals surface area contributed by atoms with Crippen LogP contribution in [0.5, 0.6) is 0 Å². The molecule has 8 heteroatoms. The molecule has 2 amide bonds. The molecule has 7 nitrogen and oxygen atoms in total. The Morgan fingerprint density at radius 1 is 1.13 bits per heavy atom. The average Bonchev–Trinajstić information content (AvgIpc) is 2.92. The third kappa shape index (κ3) is 9.15. The van der Waals surface area contributed by atoms with Crippen LogP contribution in [0.4, 0.5) is 10.5 Å². The maximum absolute atomic E-state index is 13.4. The fraction of sp³-hybridized carbons (Fsp3) is 0.467. The molecule has 1 aliphatic rings. The molecule has 3 atom stereocenters. The van der Waals surface area contributed by atoms with E-state index in [1.54, 1.807) is 24.1 Å². The van der Waals surface area contributed by atoms with Gasteiger partial charge in [0.15, 0.2) is 0 Å². The fourth-order valence-electron chi connectivity index (χ4n) is 4.54. The van der Waals surface area contributed by atoms with Crippen molar-refractivity contribution in [3.8, 4) is 0 Å². The number of carbonyl (C=O) groups is 2. The van der Waals surface area contributed by atoms with Crippen molar-refractivity contribution in [1.29, 1.82) is 0 Å². The number of fused-ring (bicyclic) bond motifs is 2. The lowest BCUT2D eigenvalue weighted by Gasteiger charge is -2.27. The summed E-state index contributed by atoms with van der Waals surface area (Å²) in [5.41, 5.74) is 2.58. The molecular formula is C30H39ClN2O5. The number of nitrogens with zero attached hydrogens (tertiary/aromatic N) is 1. The van der Waals surface area contributed by atoms with E-state index >= 15 is 0 Å². The number of carbonyl (C=O) groups excluding carboxylic acids is 2. The van der Waals surface area contributed by atoms with Gasteiger partial charge in [0.05, 0.1) is 24.6 Å². The van der Waals surface area contributed by atoms with Gasteiger partial charge in [-0.3, -0.25) is 9.69 Å². The van der Waals surface area contributed by atoms with E-state index in [1.807, 2.05) is 36.4 Å². The molecule has 0 unspecified atom stereocenters. The summed E-state index contributed by atoms with van der Waals surface area (Å²) in [7, 11) is 1.58. The van der Waals surface area contributed by atoms with E-state index in [9.17, 15) is 14.7 Å². The highest BCUT2D eigenvalue weighted by Crippen LogP contribution is 2.24. The number of amides is 2. The number of allylic oxidation sites excluding steroid dienone is 2. The summed E-state index contributed by atoms with van der Waals surface area (Å²) < 4.78 is 11.0. The maximum Gasteiger partial charge on any atom is 0.414 e. The standard InChI is InChI=1S/C30H39ClN2O5/c1-22-11-7-4-3-5-10-14-33(30(36)38-21-23-12-8-6-9-13-23)26-17-24(20-37-2)16-25(18-26)29(35)32-27(15-22)28(34)19-31/h3-4,6,8-9,12-13,16-18,22,27-28,34H,5,7,10-11,14-15,19-21H2,1-2H3,(H,32,35)/b4-3-/t22-,27+,28-/m1/s1. The molecule has 0 fully saturated rings. The first-order chi connectivity index (χ1) is 18.4. The van der Waals surface area contributed by atoms with E-state index in [1.165, 1.54) is 0 Å². The van der Waals surface area contributed by atoms with Crippen LogP contribution < -0.4 is 10.2 Å². The number of ether oxygens (including phenoxy) is 2. The molecule has 0 spiro atoms. The number of methoxy groups -OCH3 is 1. The molecule has 3 rings (SSSR count). The van der Waals surface area contributed by atoms with Gasteiger partial charge in [-0.2, -0.15) is 0 Å². The molecule has 0 saturated carbocycles. The smallest absolute Gasteiger partial charge is 0.414 e. The van der Waals surface area contributed by atoms with E-state index in [2.05, 4.69) is 24.4 Å². The van der Waals surface area contributed by atoms with Crippen LogP contribution in [0.25, 0.3) is 0 Å². The Labute approximate surface area is 230 Å². The van der Waals surface area contributed by atoms with Crippen LogP contribution in [0.1, 0.15) is 60.5 Å². The van der Waals surface area contributed by atoms with Gasteiger partial charge in [-0.15, -0.1) is 11.6 Å². The first kappa shape index (κ1) is 29.7. The Balaban J connectivity index is 1.94. The van der Waals surface area contributed by atoms with Gasteiger partial charge in [-0.1, -0.05) is 49.4 Å². The number of halogens is 1. The summed E-state index contributed by atoms with van der Waals surface area (Å²) >= 11 is 5.97. The lowest BCUT2D eigenvalue weighted by Crippen LogP contribution is -2.45. The number of hydrogen-bond acceptors (Lipinski definition) is 5. The molecule has 0 saturated heterocycles. The number of benzene rings is 2. The van der Waals surface area contributed by atoms with E-state index in [0.717, 1.165) is 36.8 Å². The van der Waals surface area contributed by atoms with Crippen molar-refractivity contribution in [3.05, 3.63) is 77.4 Å². The molecule has 2 aromatic rings. The second kappa shape index (κ2) is 15.5. The second-order valence-corrected chi connectivity index (χ2v) is 10.2. The Morgan fingerprint density at radius 2 is 1.89 bits per heavy atom. The van der Waals surface area contributed by atoms with Crippen LogP contribution in [0.15, 0.2) is 60.7 Å². The molecule has 0 aliphatic carbocycles. The Kier molecular flexibility index (Phi) is 12.1. The Bertz CT molecular complexity index is 1060. The van der Waals surface area contributed by atoms with Crippen LogP contribution in [0.2, 0.25) is 0 Å². The quantitative estimate of drug-likeness (QED) is 0.354. The molecule has 0 aromatic heterocycles. The van der Waals surface area contributed by atoms with Crippen molar-refractivity contribution in [3.63, 3.8) is 0 Å². The number of rotatable bonds is 6. The molecule has 38 heavy (non-hydrogen) atoms. The molecule has 1 aliphatic heterocycles. The van der Waals surface area contributed by atoms with E-state index in [-0.39, 0.29) is 25.0 Å². The van der Waals surface area contributed by atoms with E-state index in [0.29, 0.717) is 30.1 Å². The molecule has 0 radical (unpaired) electrons. The Hall–Kier alpha value is -2.87. The average molecular weight is 543 g/mol. The van der Waals surface area contributed by atoms with Gasteiger partial charge < -0.3 is 19.9 Å². The van der Waals surface area contributed by atoms with Crippen molar-refractivity contribution in [2.24, 2.45) is 5.92 Å². The molecule has 2 bridgehead atoms. The number of hydrogen-bond donors (Lipinski definition) is 2. The van der Waals surface area contributed by atoms with Crippen LogP contribution >= 0.6 is 11.6 Å². The molecule has 2 N–H and O–H groups in total. The van der Waals surface area contributed by atoms with Crippen LogP contribution in [-0.2, 0) is 22.7 Å². The molecule has 2 aromatic carbocycles. The van der Waals surface area contributed by atoms with Crippen molar-refractivity contribution in [2.75, 3.05) is 24.4 Å². The van der Waals surface area contributed by atoms with Gasteiger partial charge in [0.2, 0.25) is 0 Å². The third-order valence-electron chi connectivity index (χ3n) is 6.63. The lowest BCUT2D eigenvalue weighted by atomic mass is 9.93. The van der Waals surface area contributed by atoms with E-state index in [4.69, 9.17) is 21.1 Å². The van der Waals surface area contributed by atoms with Crippen molar-refractivity contribution >= 4 is 29.3 Å². The van der Waals surface area contributed by atoms with Crippen molar-refractivity contribution < 1.29 is 24.2 Å². The predicted octanol–water partition coefficient (Wildman–Crippen LogP) is 5.83.